The first-order valence-corrected chi connectivity index (χ1v) is 10.2. The number of nitrogens with two attached hydrogens (primary N) is 2. The lowest BCUT2D eigenvalue weighted by Crippen LogP contribution is -2.07. The minimum Gasteiger partial charge on any atom is -0.397 e. The molecule has 142 valence electrons. The highest BCUT2D eigenvalue weighted by molar-refractivity contribution is 9.10. The number of halogens is 1. The SMILES string of the molecule is Cc1cc(C(=O)CSc2nc(N)cc(N)c2C#N)c(C)n1-c1cccc(Br)c1. The van der Waals surface area contributed by atoms with Crippen LogP contribution in [-0.2, 0) is 0 Å². The number of rotatable bonds is 5. The first-order chi connectivity index (χ1) is 13.3. The largest absolute Gasteiger partial charge is 0.397 e. The van der Waals surface area contributed by atoms with Crippen LogP contribution in [0.25, 0.3) is 5.69 Å². The zero-order valence-corrected chi connectivity index (χ0v) is 17.8. The highest BCUT2D eigenvalue weighted by Crippen LogP contribution is 2.29. The Morgan fingerprint density at radius 3 is 2.71 bits per heavy atom. The smallest absolute Gasteiger partial charge is 0.174 e. The second-order valence-corrected chi connectivity index (χ2v) is 8.12. The number of pyridine rings is 1. The van der Waals surface area contributed by atoms with Crippen LogP contribution in [-0.4, -0.2) is 21.1 Å². The summed E-state index contributed by atoms with van der Waals surface area (Å²) >= 11 is 4.65. The Kier molecular flexibility index (Phi) is 5.77. The van der Waals surface area contributed by atoms with Crippen molar-refractivity contribution in [1.29, 1.82) is 5.26 Å². The number of aryl methyl sites for hydroxylation is 1. The summed E-state index contributed by atoms with van der Waals surface area (Å²) in [5, 5.41) is 9.66. The summed E-state index contributed by atoms with van der Waals surface area (Å²) in [5.74, 6) is 0.304. The van der Waals surface area contributed by atoms with Crippen molar-refractivity contribution in [2.75, 3.05) is 17.2 Å². The van der Waals surface area contributed by atoms with Gasteiger partial charge in [0, 0.05) is 33.2 Å². The van der Waals surface area contributed by atoms with Crippen LogP contribution in [0.5, 0.6) is 0 Å². The van der Waals surface area contributed by atoms with Crippen LogP contribution in [0.2, 0.25) is 0 Å². The molecule has 2 heterocycles. The average molecular weight is 456 g/mol. The maximum absolute atomic E-state index is 12.9. The van der Waals surface area contributed by atoms with Gasteiger partial charge in [-0.15, -0.1) is 0 Å². The predicted molar refractivity (Wildman–Crippen MR) is 116 cm³/mol. The number of nitrogen functional groups attached to an aromatic ring is 2. The number of carbonyl (C=O) groups excluding carboxylic acids is 1. The Bertz CT molecular complexity index is 1120. The van der Waals surface area contributed by atoms with Crippen LogP contribution in [0.4, 0.5) is 11.5 Å². The Balaban J connectivity index is 1.87. The first-order valence-electron chi connectivity index (χ1n) is 8.38. The summed E-state index contributed by atoms with van der Waals surface area (Å²) in [5.41, 5.74) is 15.5. The molecule has 28 heavy (non-hydrogen) atoms. The lowest BCUT2D eigenvalue weighted by Gasteiger charge is -2.10. The third-order valence-electron chi connectivity index (χ3n) is 4.29. The minimum atomic E-state index is -0.0500. The van der Waals surface area contributed by atoms with Crippen LogP contribution in [0, 0.1) is 25.2 Å². The molecule has 1 aromatic carbocycles. The summed E-state index contributed by atoms with van der Waals surface area (Å²) in [6, 6.07) is 13.2. The highest BCUT2D eigenvalue weighted by Gasteiger charge is 2.19. The zero-order valence-electron chi connectivity index (χ0n) is 15.4. The molecule has 0 radical (unpaired) electrons. The first kappa shape index (κ1) is 20.0. The van der Waals surface area contributed by atoms with Crippen molar-refractivity contribution in [3.63, 3.8) is 0 Å². The number of anilines is 2. The van der Waals surface area contributed by atoms with Crippen molar-refractivity contribution in [2.24, 2.45) is 0 Å². The van der Waals surface area contributed by atoms with Gasteiger partial charge < -0.3 is 16.0 Å². The quantitative estimate of drug-likeness (QED) is 0.438. The van der Waals surface area contributed by atoms with Gasteiger partial charge in [-0.05, 0) is 38.1 Å². The number of aromatic nitrogens is 2. The van der Waals surface area contributed by atoms with Gasteiger partial charge in [-0.2, -0.15) is 5.26 Å². The minimum absolute atomic E-state index is 0.0500. The molecule has 0 saturated heterocycles. The molecular formula is C20H18BrN5OS. The van der Waals surface area contributed by atoms with E-state index < -0.39 is 0 Å². The molecule has 3 aromatic rings. The summed E-state index contributed by atoms with van der Waals surface area (Å²) in [6.45, 7) is 3.88. The number of hydrogen-bond donors (Lipinski definition) is 2. The Morgan fingerprint density at radius 1 is 1.29 bits per heavy atom. The van der Waals surface area contributed by atoms with Gasteiger partial charge in [0.15, 0.2) is 5.78 Å². The lowest BCUT2D eigenvalue weighted by atomic mass is 10.2. The van der Waals surface area contributed by atoms with Crippen molar-refractivity contribution in [3.8, 4) is 11.8 Å². The van der Waals surface area contributed by atoms with Crippen LogP contribution in [0.3, 0.4) is 0 Å². The summed E-state index contributed by atoms with van der Waals surface area (Å²) in [7, 11) is 0. The van der Waals surface area contributed by atoms with E-state index in [1.165, 1.54) is 17.8 Å². The number of thioether (sulfide) groups is 1. The fourth-order valence-electron chi connectivity index (χ4n) is 3.05. The van der Waals surface area contributed by atoms with Gasteiger partial charge >= 0.3 is 0 Å². The standard InChI is InChI=1S/C20H18BrN5OS/c1-11-6-15(12(2)26(11)14-5-3-4-13(21)7-14)18(27)10-28-20-16(9-22)17(23)8-19(24)25-20/h3-8H,10H2,1-2H3,(H4,23,24,25). The average Bonchev–Trinajstić information content (AvgIpc) is 2.93. The maximum Gasteiger partial charge on any atom is 0.174 e. The highest BCUT2D eigenvalue weighted by atomic mass is 79.9. The Labute approximate surface area is 175 Å². The van der Waals surface area contributed by atoms with Gasteiger partial charge in [-0.3, -0.25) is 4.79 Å². The van der Waals surface area contributed by atoms with E-state index in [1.807, 2.05) is 54.8 Å². The van der Waals surface area contributed by atoms with Crippen LogP contribution in [0.15, 0.2) is 45.9 Å². The van der Waals surface area contributed by atoms with Gasteiger partial charge in [-0.1, -0.05) is 33.8 Å². The maximum atomic E-state index is 12.9. The number of hydrogen-bond acceptors (Lipinski definition) is 6. The lowest BCUT2D eigenvalue weighted by molar-refractivity contribution is 0.102. The number of nitriles is 1. The van der Waals surface area contributed by atoms with Crippen LogP contribution in [0.1, 0.15) is 27.3 Å². The van der Waals surface area contributed by atoms with E-state index >= 15 is 0 Å². The Hall–Kier alpha value is -2.76. The van der Waals surface area contributed by atoms with E-state index in [0.29, 0.717) is 10.6 Å². The molecule has 0 saturated carbocycles. The van der Waals surface area contributed by atoms with E-state index in [-0.39, 0.29) is 28.6 Å². The summed E-state index contributed by atoms with van der Waals surface area (Å²) in [6.07, 6.45) is 0. The van der Waals surface area contributed by atoms with E-state index in [1.54, 1.807) is 0 Å². The number of ketones is 1. The topological polar surface area (TPSA) is 111 Å². The van der Waals surface area contributed by atoms with Gasteiger partial charge in [-0.25, -0.2) is 4.98 Å². The Morgan fingerprint density at radius 2 is 2.04 bits per heavy atom. The van der Waals surface area contributed by atoms with E-state index in [2.05, 4.69) is 20.9 Å². The van der Waals surface area contributed by atoms with Gasteiger partial charge in [0.25, 0.3) is 0 Å². The molecule has 2 aromatic heterocycles. The molecule has 0 aliphatic heterocycles. The van der Waals surface area contributed by atoms with E-state index in [4.69, 9.17) is 11.5 Å². The molecule has 0 bridgehead atoms. The molecule has 6 nitrogen and oxygen atoms in total. The molecular weight excluding hydrogens is 438 g/mol. The van der Waals surface area contributed by atoms with Gasteiger partial charge in [0.1, 0.15) is 22.5 Å². The van der Waals surface area contributed by atoms with E-state index in [9.17, 15) is 10.1 Å². The molecule has 8 heteroatoms. The van der Waals surface area contributed by atoms with Crippen molar-refractivity contribution in [1.82, 2.24) is 9.55 Å². The number of Topliss-reactive ketones (excluding diaryl/α,β-unsaturated/α-hetero) is 1. The van der Waals surface area contributed by atoms with Crippen molar-refractivity contribution in [2.45, 2.75) is 18.9 Å². The van der Waals surface area contributed by atoms with Gasteiger partial charge in [0.2, 0.25) is 0 Å². The third kappa shape index (κ3) is 3.91. The van der Waals surface area contributed by atoms with Crippen molar-refractivity contribution >= 4 is 45.0 Å². The molecule has 0 aliphatic carbocycles. The second kappa shape index (κ2) is 8.09. The van der Waals surface area contributed by atoms with E-state index in [0.717, 1.165) is 21.5 Å². The molecule has 0 atom stereocenters. The normalized spacial score (nSPS) is 10.6. The fraction of sp³-hybridized carbons (Fsp3) is 0.150. The molecule has 4 N–H and O–H groups in total. The predicted octanol–water partition coefficient (Wildman–Crippen LogP) is 4.26. The molecule has 0 unspecified atom stereocenters. The number of nitrogens with zero attached hydrogens (tertiary/aromatic N) is 3. The second-order valence-electron chi connectivity index (χ2n) is 6.24. The molecule has 0 fully saturated rings. The van der Waals surface area contributed by atoms with Crippen molar-refractivity contribution < 1.29 is 4.79 Å². The zero-order chi connectivity index (χ0) is 20.4. The molecule has 0 amide bonds. The fourth-order valence-corrected chi connectivity index (χ4v) is 4.33. The summed E-state index contributed by atoms with van der Waals surface area (Å²) in [4.78, 5) is 17.0. The van der Waals surface area contributed by atoms with Crippen LogP contribution >= 0.6 is 27.7 Å². The third-order valence-corrected chi connectivity index (χ3v) is 5.75. The number of benzene rings is 1. The summed E-state index contributed by atoms with van der Waals surface area (Å²) < 4.78 is 3.01. The molecule has 0 aliphatic rings. The van der Waals surface area contributed by atoms with Gasteiger partial charge in [0.05, 0.1) is 11.4 Å². The molecule has 0 spiro atoms. The molecule has 3 rings (SSSR count). The monoisotopic (exact) mass is 455 g/mol. The number of carbonyl (C=O) groups is 1. The van der Waals surface area contributed by atoms with Crippen molar-refractivity contribution in [3.05, 3.63) is 63.4 Å². The van der Waals surface area contributed by atoms with Crippen LogP contribution < -0.4 is 11.5 Å².